The molecule has 0 saturated heterocycles. The summed E-state index contributed by atoms with van der Waals surface area (Å²) in [5, 5.41) is 0. The van der Waals surface area contributed by atoms with Gasteiger partial charge in [-0.15, -0.1) is 0 Å². The average Bonchev–Trinajstić information content (AvgIpc) is 3.83. The zero-order chi connectivity index (χ0) is 46.1. The number of H-pyrrole nitrogens is 1. The van der Waals surface area contributed by atoms with Crippen LogP contribution in [0.5, 0.6) is 0 Å². The summed E-state index contributed by atoms with van der Waals surface area (Å²) in [5.74, 6) is -0.669. The van der Waals surface area contributed by atoms with Crippen LogP contribution in [0, 0.1) is 22.5 Å². The summed E-state index contributed by atoms with van der Waals surface area (Å²) < 4.78 is 56.1. The number of imidazole rings is 3. The molecule has 328 valence electrons. The van der Waals surface area contributed by atoms with Gasteiger partial charge in [0, 0.05) is 29.6 Å². The number of nitrogens with one attached hydrogen (secondary N) is 1. The predicted octanol–water partition coefficient (Wildman–Crippen LogP) is 8.32. The topological polar surface area (TPSA) is 231 Å². The van der Waals surface area contributed by atoms with E-state index < -0.39 is 27.5 Å². The van der Waals surface area contributed by atoms with Crippen LogP contribution >= 0.6 is 0 Å². The number of nitrogens with two attached hydrogens (primary N) is 2. The Balaban J connectivity index is 0.000000214. The Bertz CT molecular complexity index is 2860. The lowest BCUT2D eigenvalue weighted by molar-refractivity contribution is 0.0814. The molecule has 7 aromatic rings. The summed E-state index contributed by atoms with van der Waals surface area (Å²) >= 11 is 0. The van der Waals surface area contributed by atoms with Gasteiger partial charge in [0.25, 0.3) is 15.9 Å². The molecule has 62 heavy (non-hydrogen) atoms. The first-order chi connectivity index (χ1) is 28.6. The minimum Gasteiger partial charge on any atom is -0.369 e. The summed E-state index contributed by atoms with van der Waals surface area (Å²) in [6.45, 7) is 20.2. The number of nitrogens with zero attached hydrogens (tertiary/aromatic N) is 7. The number of carbonyl (C=O) groups excluding carboxylic acids is 2. The average molecular weight is 871 g/mol. The van der Waals surface area contributed by atoms with Crippen molar-refractivity contribution in [3.05, 3.63) is 102 Å². The standard InChI is InChI=1S/C24H29FN6.C19H19FN4O2.CH4O3S/c1-23(2,3)13-31-20-17(28-22(31)26)12-11-16(27-20)19-18(14-7-9-15(25)10-8-14)29-21(30-19)24(4,5)6;1-19(2,3)10-24-17-14(23-18(24)21)9-8-13(22-17)16(26)15(25)11-4-6-12(20)7-5-11;1-5(2,3)4/h7-12H,13H2,1-6H3,(H2,26,28)(H,29,30);4-9H,10H2,1-3H3,(H2,21,23);1H3,(H,2,3,4). The van der Waals surface area contributed by atoms with Gasteiger partial charge in [-0.05, 0) is 83.6 Å². The van der Waals surface area contributed by atoms with Crippen molar-refractivity contribution in [3.63, 3.8) is 0 Å². The number of benzene rings is 2. The van der Waals surface area contributed by atoms with Crippen LogP contribution in [0.1, 0.15) is 89.0 Å². The van der Waals surface area contributed by atoms with Crippen molar-refractivity contribution in [1.82, 2.24) is 39.0 Å². The van der Waals surface area contributed by atoms with E-state index in [1.807, 2.05) is 37.5 Å². The molecule has 7 rings (SSSR count). The first-order valence-corrected chi connectivity index (χ1v) is 21.3. The van der Waals surface area contributed by atoms with Gasteiger partial charge in [0.05, 0.1) is 23.3 Å². The molecule has 0 bridgehead atoms. The number of halogens is 2. The van der Waals surface area contributed by atoms with Crippen LogP contribution in [0.25, 0.3) is 45.0 Å². The number of rotatable bonds is 7. The number of Topliss-reactive ketones (excluding diaryl/α,β-unsaturated/α-hetero) is 2. The molecule has 0 aliphatic heterocycles. The van der Waals surface area contributed by atoms with E-state index in [0.717, 1.165) is 51.8 Å². The minimum absolute atomic E-state index is 0.00174. The number of ketones is 2. The van der Waals surface area contributed by atoms with Gasteiger partial charge in [-0.2, -0.15) is 8.42 Å². The number of aromatic amines is 1. The van der Waals surface area contributed by atoms with E-state index in [1.54, 1.807) is 22.8 Å². The summed E-state index contributed by atoms with van der Waals surface area (Å²) in [4.78, 5) is 51.2. The molecule has 0 aliphatic carbocycles. The number of fused-ring (bicyclic) bond motifs is 2. The summed E-state index contributed by atoms with van der Waals surface area (Å²) in [5.41, 5.74) is 17.7. The van der Waals surface area contributed by atoms with Crippen molar-refractivity contribution in [2.75, 3.05) is 17.7 Å². The molecular weight excluding hydrogens is 819 g/mol. The van der Waals surface area contributed by atoms with E-state index in [1.165, 1.54) is 30.3 Å². The van der Waals surface area contributed by atoms with Gasteiger partial charge < -0.3 is 16.5 Å². The van der Waals surface area contributed by atoms with Crippen molar-refractivity contribution >= 4 is 55.9 Å². The smallest absolute Gasteiger partial charge is 0.261 e. The summed E-state index contributed by atoms with van der Waals surface area (Å²) in [6.07, 6.45) is 0.715. The Labute approximate surface area is 358 Å². The maximum atomic E-state index is 13.5. The summed E-state index contributed by atoms with van der Waals surface area (Å²) in [6, 6.07) is 18.1. The molecule has 0 spiro atoms. The number of aromatic nitrogens is 8. The van der Waals surface area contributed by atoms with E-state index in [2.05, 4.69) is 61.5 Å². The van der Waals surface area contributed by atoms with Gasteiger partial charge in [-0.1, -0.05) is 62.3 Å². The van der Waals surface area contributed by atoms with E-state index in [0.29, 0.717) is 42.4 Å². The Kier molecular flexibility index (Phi) is 13.2. The van der Waals surface area contributed by atoms with Crippen LogP contribution in [0.4, 0.5) is 20.7 Å². The van der Waals surface area contributed by atoms with Crippen molar-refractivity contribution in [1.29, 1.82) is 0 Å². The lowest BCUT2D eigenvalue weighted by atomic mass is 9.96. The number of nitrogen functional groups attached to an aromatic ring is 2. The Morgan fingerprint density at radius 2 is 1.11 bits per heavy atom. The van der Waals surface area contributed by atoms with Crippen molar-refractivity contribution in [2.45, 2.75) is 80.8 Å². The monoisotopic (exact) mass is 870 g/mol. The largest absolute Gasteiger partial charge is 0.369 e. The fourth-order valence-electron chi connectivity index (χ4n) is 6.14. The third kappa shape index (κ3) is 11.9. The molecule has 0 amide bonds. The second kappa shape index (κ2) is 17.5. The van der Waals surface area contributed by atoms with Gasteiger partial charge in [0.1, 0.15) is 34.2 Å². The highest BCUT2D eigenvalue weighted by Gasteiger charge is 2.26. The lowest BCUT2D eigenvalue weighted by Crippen LogP contribution is -2.19. The van der Waals surface area contributed by atoms with Gasteiger partial charge in [-0.3, -0.25) is 23.3 Å². The molecule has 0 atom stereocenters. The molecule has 5 aromatic heterocycles. The van der Waals surface area contributed by atoms with E-state index >= 15 is 0 Å². The predicted molar refractivity (Wildman–Crippen MR) is 237 cm³/mol. The fraction of sp³-hybridized carbons (Fsp3) is 0.341. The number of carbonyl (C=O) groups is 2. The molecule has 18 heteroatoms. The first kappa shape index (κ1) is 46.7. The number of pyridine rings is 2. The third-order valence-corrected chi connectivity index (χ3v) is 8.84. The molecule has 0 radical (unpaired) electrons. The number of hydrogen-bond donors (Lipinski definition) is 4. The zero-order valence-corrected chi connectivity index (χ0v) is 37.2. The molecule has 5 heterocycles. The maximum Gasteiger partial charge on any atom is 0.261 e. The Hall–Kier alpha value is -6.40. The van der Waals surface area contributed by atoms with Crippen LogP contribution in [0.2, 0.25) is 0 Å². The van der Waals surface area contributed by atoms with Crippen LogP contribution in [0.15, 0.2) is 72.8 Å². The van der Waals surface area contributed by atoms with E-state index in [9.17, 15) is 26.8 Å². The number of anilines is 2. The summed E-state index contributed by atoms with van der Waals surface area (Å²) in [7, 11) is -3.67. The normalized spacial score (nSPS) is 12.1. The fourth-order valence-corrected chi connectivity index (χ4v) is 6.14. The van der Waals surface area contributed by atoms with Crippen LogP contribution < -0.4 is 11.5 Å². The zero-order valence-electron chi connectivity index (χ0n) is 36.4. The molecule has 0 saturated carbocycles. The molecule has 0 fully saturated rings. The van der Waals surface area contributed by atoms with Gasteiger partial charge >= 0.3 is 0 Å². The molecular formula is C44H52F2N10O5S. The molecule has 15 nitrogen and oxygen atoms in total. The van der Waals surface area contributed by atoms with E-state index in [-0.39, 0.29) is 33.3 Å². The highest BCUT2D eigenvalue weighted by Crippen LogP contribution is 2.34. The third-order valence-electron chi connectivity index (χ3n) is 8.84. The molecule has 2 aromatic carbocycles. The van der Waals surface area contributed by atoms with Gasteiger partial charge in [0.15, 0.2) is 11.3 Å². The Morgan fingerprint density at radius 1 is 0.661 bits per heavy atom. The first-order valence-electron chi connectivity index (χ1n) is 19.5. The van der Waals surface area contributed by atoms with Crippen LogP contribution in [-0.2, 0) is 28.6 Å². The maximum absolute atomic E-state index is 13.5. The highest BCUT2D eigenvalue weighted by molar-refractivity contribution is 7.85. The highest BCUT2D eigenvalue weighted by atomic mass is 32.2. The van der Waals surface area contributed by atoms with Gasteiger partial charge in [0.2, 0.25) is 17.7 Å². The van der Waals surface area contributed by atoms with Crippen LogP contribution in [-0.4, -0.2) is 69.8 Å². The Morgan fingerprint density at radius 3 is 1.58 bits per heavy atom. The van der Waals surface area contributed by atoms with Crippen molar-refractivity contribution in [3.8, 4) is 22.6 Å². The lowest BCUT2D eigenvalue weighted by Gasteiger charge is -2.19. The number of hydrogen-bond acceptors (Lipinski definition) is 11. The van der Waals surface area contributed by atoms with Crippen LogP contribution in [0.3, 0.4) is 0 Å². The second-order valence-corrected chi connectivity index (χ2v) is 19.7. The quantitative estimate of drug-likeness (QED) is 0.0673. The van der Waals surface area contributed by atoms with Crippen molar-refractivity contribution < 1.29 is 31.3 Å². The molecule has 0 aliphatic rings. The second-order valence-electron chi connectivity index (χ2n) is 18.3. The van der Waals surface area contributed by atoms with Crippen molar-refractivity contribution in [2.24, 2.45) is 10.8 Å². The van der Waals surface area contributed by atoms with Gasteiger partial charge in [-0.25, -0.2) is 33.7 Å². The molecule has 0 unspecified atom stereocenters. The van der Waals surface area contributed by atoms with E-state index in [4.69, 9.17) is 26.0 Å². The molecule has 6 N–H and O–H groups in total. The SMILES string of the molecule is CC(C)(C)Cn1c(N)nc2ccc(-c3[nH]c(C(C)(C)C)nc3-c3ccc(F)cc3)nc21.CC(C)(C)Cn1c(N)nc2ccc(C(=O)C(=O)c3ccc(F)cc3)nc21.CS(=O)(=O)O. The minimum atomic E-state index is -3.67.